The van der Waals surface area contributed by atoms with E-state index in [-0.39, 0.29) is 4.90 Å². The van der Waals surface area contributed by atoms with Crippen molar-refractivity contribution >= 4 is 21.7 Å². The van der Waals surface area contributed by atoms with Crippen LogP contribution in [0.1, 0.15) is 5.56 Å². The molecule has 8 heteroatoms. The zero-order valence-corrected chi connectivity index (χ0v) is 15.3. The van der Waals surface area contributed by atoms with Gasteiger partial charge in [-0.1, -0.05) is 17.7 Å². The van der Waals surface area contributed by atoms with Gasteiger partial charge in [-0.25, -0.2) is 8.42 Å². The maximum absolute atomic E-state index is 13.2. The lowest BCUT2D eigenvalue weighted by molar-refractivity contribution is -0.138. The maximum atomic E-state index is 13.2. The Hall–Kier alpha value is -2.74. The number of methoxy groups -OCH3 is 1. The van der Waals surface area contributed by atoms with Crippen LogP contribution >= 0.6 is 0 Å². The molecule has 0 atom stereocenters. The van der Waals surface area contributed by atoms with Crippen LogP contribution in [0, 0.1) is 6.92 Å². The predicted molar refractivity (Wildman–Crippen MR) is 95.2 cm³/mol. The molecular weight excluding hydrogens is 358 g/mol. The maximum Gasteiger partial charge on any atom is 0.326 e. The zero-order chi connectivity index (χ0) is 18.7. The van der Waals surface area contributed by atoms with E-state index in [1.165, 1.54) is 19.2 Å². The van der Waals surface area contributed by atoms with Crippen molar-refractivity contribution in [2.75, 3.05) is 31.2 Å². The normalized spacial score (nSPS) is 13.2. The third-order valence-electron chi connectivity index (χ3n) is 3.92. The van der Waals surface area contributed by atoms with Gasteiger partial charge in [0.1, 0.15) is 19.8 Å². The Bertz CT molecular complexity index is 908. The second-order valence-corrected chi connectivity index (χ2v) is 7.59. The molecule has 0 unspecified atom stereocenters. The van der Waals surface area contributed by atoms with Crippen LogP contribution in [0.4, 0.5) is 5.69 Å². The number of benzene rings is 2. The molecule has 0 aliphatic carbocycles. The van der Waals surface area contributed by atoms with E-state index in [9.17, 15) is 13.2 Å². The van der Waals surface area contributed by atoms with Gasteiger partial charge in [-0.05, 0) is 31.2 Å². The summed E-state index contributed by atoms with van der Waals surface area (Å²) < 4.78 is 42.9. The second-order valence-electron chi connectivity index (χ2n) is 5.73. The van der Waals surface area contributed by atoms with Crippen LogP contribution < -0.4 is 13.8 Å². The number of carbonyl (C=O) groups is 1. The van der Waals surface area contributed by atoms with E-state index in [0.29, 0.717) is 30.4 Å². The van der Waals surface area contributed by atoms with E-state index in [2.05, 4.69) is 4.74 Å². The number of esters is 1. The SMILES string of the molecule is COC(=O)CN(c1ccc(C)cc1)S(=O)(=O)c1ccc2c(c1)OCCO2. The fourth-order valence-electron chi connectivity index (χ4n) is 2.52. The summed E-state index contributed by atoms with van der Waals surface area (Å²) in [4.78, 5) is 11.8. The second kappa shape index (κ2) is 7.25. The minimum absolute atomic E-state index is 0.00577. The summed E-state index contributed by atoms with van der Waals surface area (Å²) >= 11 is 0. The van der Waals surface area contributed by atoms with Crippen molar-refractivity contribution < 1.29 is 27.4 Å². The summed E-state index contributed by atoms with van der Waals surface area (Å²) in [5.41, 5.74) is 1.35. The molecule has 0 fully saturated rings. The van der Waals surface area contributed by atoms with Gasteiger partial charge >= 0.3 is 5.97 Å². The van der Waals surface area contributed by atoms with E-state index in [4.69, 9.17) is 9.47 Å². The third kappa shape index (κ3) is 3.60. The number of carbonyl (C=O) groups excluding carboxylic acids is 1. The van der Waals surface area contributed by atoms with Crippen molar-refractivity contribution in [1.29, 1.82) is 0 Å². The average molecular weight is 377 g/mol. The quantitative estimate of drug-likeness (QED) is 0.743. The predicted octanol–water partition coefficient (Wildman–Crippen LogP) is 2.13. The lowest BCUT2D eigenvalue weighted by Gasteiger charge is -2.25. The fraction of sp³-hybridized carbons (Fsp3) is 0.278. The number of nitrogens with zero attached hydrogens (tertiary/aromatic N) is 1. The summed E-state index contributed by atoms with van der Waals surface area (Å²) in [6.45, 7) is 2.22. The molecule has 26 heavy (non-hydrogen) atoms. The van der Waals surface area contributed by atoms with E-state index >= 15 is 0 Å². The van der Waals surface area contributed by atoms with Gasteiger partial charge in [-0.15, -0.1) is 0 Å². The summed E-state index contributed by atoms with van der Waals surface area (Å²) in [6.07, 6.45) is 0. The molecule has 0 spiro atoms. The van der Waals surface area contributed by atoms with Crippen molar-refractivity contribution in [3.63, 3.8) is 0 Å². The number of ether oxygens (including phenoxy) is 3. The van der Waals surface area contributed by atoms with Gasteiger partial charge in [0.15, 0.2) is 11.5 Å². The number of rotatable bonds is 5. The largest absolute Gasteiger partial charge is 0.486 e. The Kier molecular flexibility index (Phi) is 5.03. The molecule has 0 N–H and O–H groups in total. The number of fused-ring (bicyclic) bond motifs is 1. The highest BCUT2D eigenvalue weighted by Gasteiger charge is 2.29. The van der Waals surface area contributed by atoms with Crippen LogP contribution in [0.15, 0.2) is 47.4 Å². The van der Waals surface area contributed by atoms with Gasteiger partial charge < -0.3 is 14.2 Å². The first kappa shape index (κ1) is 18.1. The lowest BCUT2D eigenvalue weighted by Crippen LogP contribution is -2.36. The van der Waals surface area contributed by atoms with Crippen molar-refractivity contribution in [1.82, 2.24) is 0 Å². The zero-order valence-electron chi connectivity index (χ0n) is 14.5. The molecule has 1 aliphatic rings. The van der Waals surface area contributed by atoms with E-state index < -0.39 is 22.5 Å². The van der Waals surface area contributed by atoms with E-state index in [1.54, 1.807) is 30.3 Å². The minimum Gasteiger partial charge on any atom is -0.486 e. The number of aryl methyl sites for hydroxylation is 1. The van der Waals surface area contributed by atoms with Crippen LogP contribution in [0.2, 0.25) is 0 Å². The smallest absolute Gasteiger partial charge is 0.326 e. The molecule has 0 bridgehead atoms. The van der Waals surface area contributed by atoms with E-state index in [1.807, 2.05) is 6.92 Å². The molecule has 0 saturated heterocycles. The van der Waals surface area contributed by atoms with E-state index in [0.717, 1.165) is 9.87 Å². The summed E-state index contributed by atoms with van der Waals surface area (Å²) in [5, 5.41) is 0. The first-order valence-electron chi connectivity index (χ1n) is 7.97. The van der Waals surface area contributed by atoms with Crippen molar-refractivity contribution in [2.45, 2.75) is 11.8 Å². The molecular formula is C18H19NO6S. The van der Waals surface area contributed by atoms with Crippen molar-refractivity contribution in [2.24, 2.45) is 0 Å². The van der Waals surface area contributed by atoms with Gasteiger partial charge in [-0.3, -0.25) is 9.10 Å². The molecule has 1 heterocycles. The first-order chi connectivity index (χ1) is 12.4. The van der Waals surface area contributed by atoms with Gasteiger partial charge in [-0.2, -0.15) is 0 Å². The third-order valence-corrected chi connectivity index (χ3v) is 5.69. The van der Waals surface area contributed by atoms with Gasteiger partial charge in [0.2, 0.25) is 0 Å². The highest BCUT2D eigenvalue weighted by atomic mass is 32.2. The van der Waals surface area contributed by atoms with Crippen molar-refractivity contribution in [3.05, 3.63) is 48.0 Å². The molecule has 2 aromatic carbocycles. The van der Waals surface area contributed by atoms with Crippen LogP contribution in [0.25, 0.3) is 0 Å². The number of anilines is 1. The van der Waals surface area contributed by atoms with Gasteiger partial charge in [0.05, 0.1) is 17.7 Å². The van der Waals surface area contributed by atoms with Crippen LogP contribution in [-0.4, -0.2) is 41.3 Å². The number of hydrogen-bond acceptors (Lipinski definition) is 6. The number of sulfonamides is 1. The molecule has 0 saturated carbocycles. The molecule has 0 radical (unpaired) electrons. The van der Waals surface area contributed by atoms with Crippen molar-refractivity contribution in [3.8, 4) is 11.5 Å². The number of hydrogen-bond donors (Lipinski definition) is 0. The topological polar surface area (TPSA) is 82.1 Å². The Morgan fingerprint density at radius 1 is 1.08 bits per heavy atom. The van der Waals surface area contributed by atoms with Gasteiger partial charge in [0, 0.05) is 6.07 Å². The molecule has 138 valence electrons. The van der Waals surface area contributed by atoms with Gasteiger partial charge in [0.25, 0.3) is 10.0 Å². The summed E-state index contributed by atoms with van der Waals surface area (Å²) in [5.74, 6) is 0.191. The molecule has 3 rings (SSSR count). The highest BCUT2D eigenvalue weighted by molar-refractivity contribution is 7.92. The van der Waals surface area contributed by atoms with Crippen LogP contribution in [-0.2, 0) is 19.6 Å². The fourth-order valence-corrected chi connectivity index (χ4v) is 3.94. The monoisotopic (exact) mass is 377 g/mol. The molecule has 0 aromatic heterocycles. The summed E-state index contributed by atoms with van der Waals surface area (Å²) in [6, 6.07) is 11.2. The Labute approximate surface area is 152 Å². The van der Waals surface area contributed by atoms with Crippen LogP contribution in [0.3, 0.4) is 0 Å². The first-order valence-corrected chi connectivity index (χ1v) is 9.41. The standard InChI is InChI=1S/C18H19NO6S/c1-13-3-5-14(6-4-13)19(12-18(20)23-2)26(21,22)15-7-8-16-17(11-15)25-10-9-24-16/h3-8,11H,9-10,12H2,1-2H3. The lowest BCUT2D eigenvalue weighted by atomic mass is 10.2. The average Bonchev–Trinajstić information content (AvgIpc) is 2.66. The molecule has 0 amide bonds. The minimum atomic E-state index is -4.01. The highest BCUT2D eigenvalue weighted by Crippen LogP contribution is 2.34. The molecule has 7 nitrogen and oxygen atoms in total. The Balaban J connectivity index is 2.03. The molecule has 2 aromatic rings. The summed E-state index contributed by atoms with van der Waals surface area (Å²) in [7, 11) is -2.79. The Morgan fingerprint density at radius 3 is 2.38 bits per heavy atom. The van der Waals surface area contributed by atoms with Crippen LogP contribution in [0.5, 0.6) is 11.5 Å². The molecule has 1 aliphatic heterocycles. The Morgan fingerprint density at radius 2 is 1.73 bits per heavy atom.